The summed E-state index contributed by atoms with van der Waals surface area (Å²) >= 11 is 0. The van der Waals surface area contributed by atoms with Gasteiger partial charge in [0.2, 0.25) is 10.0 Å². The van der Waals surface area contributed by atoms with Crippen LogP contribution in [0.1, 0.15) is 31.1 Å². The number of hydrogen-bond donors (Lipinski definition) is 1. The molecule has 8 heteroatoms. The average molecular weight is 418 g/mol. The molecule has 7 nitrogen and oxygen atoms in total. The fraction of sp³-hybridized carbons (Fsp3) is 0.381. The van der Waals surface area contributed by atoms with Crippen molar-refractivity contribution in [3.05, 3.63) is 53.6 Å². The number of sulfonamides is 1. The van der Waals surface area contributed by atoms with E-state index in [-0.39, 0.29) is 5.75 Å². The van der Waals surface area contributed by atoms with Gasteiger partial charge in [0.25, 0.3) is 0 Å². The molecule has 0 saturated carbocycles. The lowest BCUT2D eigenvalue weighted by Crippen LogP contribution is -2.38. The summed E-state index contributed by atoms with van der Waals surface area (Å²) in [4.78, 5) is 14.7. The molecule has 156 valence electrons. The molecule has 1 aliphatic heterocycles. The van der Waals surface area contributed by atoms with Crippen LogP contribution < -0.4 is 14.5 Å². The molecular weight excluding hydrogens is 390 g/mol. The third kappa shape index (κ3) is 4.32. The zero-order valence-electron chi connectivity index (χ0n) is 17.2. The molecule has 1 heterocycles. The second-order valence-electron chi connectivity index (χ2n) is 7.00. The van der Waals surface area contributed by atoms with Gasteiger partial charge >= 0.3 is 6.09 Å². The highest BCUT2D eigenvalue weighted by molar-refractivity contribution is 7.92. The predicted octanol–water partition coefficient (Wildman–Crippen LogP) is 3.91. The van der Waals surface area contributed by atoms with Gasteiger partial charge in [0.05, 0.1) is 5.69 Å². The summed E-state index contributed by atoms with van der Waals surface area (Å²) in [6, 6.07) is 12.8. The third-order valence-electron chi connectivity index (χ3n) is 5.23. The normalized spacial score (nSPS) is 17.4. The molecule has 1 atom stereocenters. The number of carbonyl (C=O) groups is 1. The summed E-state index contributed by atoms with van der Waals surface area (Å²) in [7, 11) is -2.04. The maximum atomic E-state index is 12.5. The van der Waals surface area contributed by atoms with Gasteiger partial charge in [-0.15, -0.1) is 0 Å². The number of nitrogens with one attached hydrogen (secondary N) is 1. The van der Waals surface area contributed by atoms with E-state index in [4.69, 9.17) is 4.74 Å². The molecule has 3 rings (SSSR count). The minimum Gasteiger partial charge on any atom is -0.440 e. The van der Waals surface area contributed by atoms with Crippen LogP contribution in [0.4, 0.5) is 21.9 Å². The summed E-state index contributed by atoms with van der Waals surface area (Å²) in [6.45, 7) is 7.90. The Morgan fingerprint density at radius 3 is 2.55 bits per heavy atom. The second kappa shape index (κ2) is 8.32. The molecule has 1 amide bonds. The molecule has 0 aliphatic carbocycles. The fourth-order valence-corrected chi connectivity index (χ4v) is 4.85. The Morgan fingerprint density at radius 1 is 1.21 bits per heavy atom. The van der Waals surface area contributed by atoms with Gasteiger partial charge in [-0.05, 0) is 50.6 Å². The number of amides is 1. The van der Waals surface area contributed by atoms with Crippen LogP contribution in [-0.2, 0) is 14.8 Å². The monoisotopic (exact) mass is 417 g/mol. The number of aryl methyl sites for hydroxylation is 1. The van der Waals surface area contributed by atoms with Crippen molar-refractivity contribution in [1.29, 1.82) is 0 Å². The summed E-state index contributed by atoms with van der Waals surface area (Å²) in [5.74, 6) is -0.284. The van der Waals surface area contributed by atoms with Crippen molar-refractivity contribution >= 4 is 33.2 Å². The van der Waals surface area contributed by atoms with E-state index >= 15 is 0 Å². The van der Waals surface area contributed by atoms with Gasteiger partial charge in [-0.3, -0.25) is 9.62 Å². The number of ether oxygens (including phenoxy) is 1. The first-order valence-electron chi connectivity index (χ1n) is 9.65. The standard InChI is InChI=1S/C21H27N3O4S/c1-5-24(6-2)16-11-12-18(15(3)13-16)22-21(25)28-20-14-29(26,27)23(4)19-10-8-7-9-17(19)20/h7-13,20H,5-6,14H2,1-4H3,(H,22,25). The third-order valence-corrected chi connectivity index (χ3v) is 6.98. The van der Waals surface area contributed by atoms with Gasteiger partial charge in [-0.1, -0.05) is 18.2 Å². The van der Waals surface area contributed by atoms with Crippen molar-refractivity contribution in [1.82, 2.24) is 0 Å². The minimum atomic E-state index is -3.55. The highest BCUT2D eigenvalue weighted by atomic mass is 32.2. The molecule has 1 unspecified atom stereocenters. The first-order valence-corrected chi connectivity index (χ1v) is 11.3. The lowest BCUT2D eigenvalue weighted by molar-refractivity contribution is 0.122. The molecule has 1 aliphatic rings. The van der Waals surface area contributed by atoms with E-state index < -0.39 is 22.2 Å². The predicted molar refractivity (Wildman–Crippen MR) is 116 cm³/mol. The number of hydrogen-bond acceptors (Lipinski definition) is 5. The van der Waals surface area contributed by atoms with Gasteiger partial charge in [0.15, 0.2) is 0 Å². The van der Waals surface area contributed by atoms with Crippen LogP contribution in [0.15, 0.2) is 42.5 Å². The fourth-order valence-electron chi connectivity index (χ4n) is 3.53. The van der Waals surface area contributed by atoms with Crippen LogP contribution in [0.3, 0.4) is 0 Å². The number of rotatable bonds is 5. The lowest BCUT2D eigenvalue weighted by atomic mass is 10.1. The van der Waals surface area contributed by atoms with Crippen molar-refractivity contribution in [3.63, 3.8) is 0 Å². The van der Waals surface area contributed by atoms with E-state index in [1.54, 1.807) is 24.3 Å². The van der Waals surface area contributed by atoms with E-state index in [9.17, 15) is 13.2 Å². The average Bonchev–Trinajstić information content (AvgIpc) is 2.69. The Labute approximate surface area is 172 Å². The van der Waals surface area contributed by atoms with Crippen molar-refractivity contribution in [2.75, 3.05) is 40.4 Å². The summed E-state index contributed by atoms with van der Waals surface area (Å²) in [5.41, 5.74) is 3.82. The molecule has 2 aromatic carbocycles. The van der Waals surface area contributed by atoms with E-state index in [1.807, 2.05) is 25.1 Å². The highest BCUT2D eigenvalue weighted by Gasteiger charge is 2.35. The van der Waals surface area contributed by atoms with Gasteiger partial charge in [-0.2, -0.15) is 0 Å². The molecule has 0 spiro atoms. The Bertz CT molecular complexity index is 1000. The zero-order valence-corrected chi connectivity index (χ0v) is 18.0. The Kier molecular flexibility index (Phi) is 6.02. The number of nitrogens with zero attached hydrogens (tertiary/aromatic N) is 2. The molecule has 29 heavy (non-hydrogen) atoms. The lowest BCUT2D eigenvalue weighted by Gasteiger charge is -2.32. The Morgan fingerprint density at radius 2 is 1.90 bits per heavy atom. The minimum absolute atomic E-state index is 0.284. The largest absolute Gasteiger partial charge is 0.440 e. The maximum Gasteiger partial charge on any atom is 0.412 e. The van der Waals surface area contributed by atoms with Crippen LogP contribution in [-0.4, -0.2) is 40.4 Å². The first-order chi connectivity index (χ1) is 13.8. The van der Waals surface area contributed by atoms with Crippen LogP contribution >= 0.6 is 0 Å². The van der Waals surface area contributed by atoms with E-state index in [0.717, 1.165) is 24.3 Å². The quantitative estimate of drug-likeness (QED) is 0.798. The molecule has 0 saturated heterocycles. The van der Waals surface area contributed by atoms with E-state index in [1.165, 1.54) is 11.4 Å². The summed E-state index contributed by atoms with van der Waals surface area (Å²) in [5, 5.41) is 2.74. The Balaban J connectivity index is 1.77. The van der Waals surface area contributed by atoms with E-state index in [0.29, 0.717) is 16.9 Å². The first kappa shape index (κ1) is 21.0. The zero-order chi connectivity index (χ0) is 21.2. The SMILES string of the molecule is CCN(CC)c1ccc(NC(=O)OC2CS(=O)(=O)N(C)c3ccccc32)c(C)c1. The number of anilines is 3. The van der Waals surface area contributed by atoms with Gasteiger partial charge in [-0.25, -0.2) is 13.2 Å². The summed E-state index contributed by atoms with van der Waals surface area (Å²) in [6.07, 6.45) is -1.54. The topological polar surface area (TPSA) is 79.0 Å². The highest BCUT2D eigenvalue weighted by Crippen LogP contribution is 2.36. The molecule has 0 radical (unpaired) electrons. The van der Waals surface area contributed by atoms with Gasteiger partial charge < -0.3 is 9.64 Å². The number of fused-ring (bicyclic) bond motifs is 1. The number of carbonyl (C=O) groups excluding carboxylic acids is 1. The van der Waals surface area contributed by atoms with Crippen LogP contribution in [0.2, 0.25) is 0 Å². The molecule has 0 bridgehead atoms. The smallest absolute Gasteiger partial charge is 0.412 e. The van der Waals surface area contributed by atoms with Crippen molar-refractivity contribution in [2.45, 2.75) is 26.9 Å². The number of benzene rings is 2. The Hall–Kier alpha value is -2.74. The van der Waals surface area contributed by atoms with Crippen LogP contribution in [0.5, 0.6) is 0 Å². The van der Waals surface area contributed by atoms with E-state index in [2.05, 4.69) is 24.1 Å². The molecule has 1 N–H and O–H groups in total. The van der Waals surface area contributed by atoms with Gasteiger partial charge in [0, 0.05) is 37.1 Å². The van der Waals surface area contributed by atoms with Crippen LogP contribution in [0, 0.1) is 6.92 Å². The van der Waals surface area contributed by atoms with Crippen molar-refractivity contribution in [3.8, 4) is 0 Å². The second-order valence-corrected chi connectivity index (χ2v) is 9.04. The number of para-hydroxylation sites is 1. The van der Waals surface area contributed by atoms with Crippen LogP contribution in [0.25, 0.3) is 0 Å². The van der Waals surface area contributed by atoms with Crippen molar-refractivity contribution in [2.24, 2.45) is 0 Å². The van der Waals surface area contributed by atoms with Crippen molar-refractivity contribution < 1.29 is 17.9 Å². The molecular formula is C21H27N3O4S. The summed E-state index contributed by atoms with van der Waals surface area (Å²) < 4.78 is 31.6. The van der Waals surface area contributed by atoms with Gasteiger partial charge in [0.1, 0.15) is 11.9 Å². The molecule has 0 fully saturated rings. The molecule has 0 aromatic heterocycles. The maximum absolute atomic E-state index is 12.5. The molecule has 2 aromatic rings.